The number of rotatable bonds is 2. The Morgan fingerprint density at radius 1 is 1.44 bits per heavy atom. The van der Waals surface area contributed by atoms with Crippen molar-refractivity contribution in [1.82, 2.24) is 0 Å². The summed E-state index contributed by atoms with van der Waals surface area (Å²) in [5.41, 5.74) is 1.46. The van der Waals surface area contributed by atoms with E-state index in [9.17, 15) is 4.79 Å². The van der Waals surface area contributed by atoms with E-state index < -0.39 is 0 Å². The first kappa shape index (κ1) is 11.1. The highest BCUT2D eigenvalue weighted by Gasteiger charge is 2.40. The monoisotopic (exact) mass is 244 g/mol. The average molecular weight is 244 g/mol. The van der Waals surface area contributed by atoms with Crippen LogP contribution in [0, 0.1) is 11.3 Å². The first-order valence-corrected chi connectivity index (χ1v) is 5.75. The third-order valence-corrected chi connectivity index (χ3v) is 3.40. The number of amides is 1. The molecular weight excluding hydrogens is 232 g/mol. The van der Waals surface area contributed by atoms with Gasteiger partial charge in [-0.2, -0.15) is 5.26 Å². The van der Waals surface area contributed by atoms with Crippen molar-refractivity contribution in [1.29, 1.82) is 5.26 Å². The van der Waals surface area contributed by atoms with Crippen LogP contribution in [0.15, 0.2) is 18.2 Å². The van der Waals surface area contributed by atoms with Crippen LogP contribution in [-0.4, -0.2) is 25.7 Å². The number of benzene rings is 1. The summed E-state index contributed by atoms with van der Waals surface area (Å²) in [7, 11) is 0. The number of anilines is 1. The predicted molar refractivity (Wildman–Crippen MR) is 63.3 cm³/mol. The summed E-state index contributed by atoms with van der Waals surface area (Å²) in [5.74, 6) is 0.518. The molecule has 2 aliphatic heterocycles. The molecule has 3 rings (SSSR count). The highest BCUT2D eigenvalue weighted by Crippen LogP contribution is 2.39. The van der Waals surface area contributed by atoms with Gasteiger partial charge in [0.25, 0.3) is 5.91 Å². The summed E-state index contributed by atoms with van der Waals surface area (Å²) in [6, 6.07) is 7.86. The number of nitrogens with one attached hydrogen (secondary N) is 1. The molecule has 0 atom stereocenters. The standard InChI is InChI=1S/C13H12N2O3/c14-4-3-13(7-17-8-13)9-1-2-11-10(5-9)15-12(16)6-18-11/h1-2,5H,3,6-8H2,(H,15,16). The second-order valence-corrected chi connectivity index (χ2v) is 4.66. The summed E-state index contributed by atoms with van der Waals surface area (Å²) in [5, 5.41) is 11.7. The molecule has 18 heavy (non-hydrogen) atoms. The van der Waals surface area contributed by atoms with Gasteiger partial charge in [0.05, 0.1) is 30.4 Å². The van der Waals surface area contributed by atoms with Crippen molar-refractivity contribution >= 4 is 11.6 Å². The molecular formula is C13H12N2O3. The van der Waals surface area contributed by atoms with Crippen molar-refractivity contribution in [3.63, 3.8) is 0 Å². The molecule has 1 fully saturated rings. The smallest absolute Gasteiger partial charge is 0.262 e. The minimum Gasteiger partial charge on any atom is -0.482 e. The van der Waals surface area contributed by atoms with Crippen molar-refractivity contribution in [3.8, 4) is 11.8 Å². The fourth-order valence-corrected chi connectivity index (χ4v) is 2.28. The molecule has 0 spiro atoms. The molecule has 92 valence electrons. The Morgan fingerprint density at radius 3 is 2.94 bits per heavy atom. The maximum absolute atomic E-state index is 11.3. The van der Waals surface area contributed by atoms with E-state index in [0.717, 1.165) is 5.56 Å². The molecule has 1 amide bonds. The number of hydrogen-bond acceptors (Lipinski definition) is 4. The van der Waals surface area contributed by atoms with Gasteiger partial charge < -0.3 is 14.8 Å². The quantitative estimate of drug-likeness (QED) is 0.848. The molecule has 5 heteroatoms. The number of hydrogen-bond donors (Lipinski definition) is 1. The Balaban J connectivity index is 1.97. The van der Waals surface area contributed by atoms with E-state index in [1.807, 2.05) is 18.2 Å². The molecule has 1 saturated heterocycles. The fourth-order valence-electron chi connectivity index (χ4n) is 2.28. The number of nitrogens with zero attached hydrogens (tertiary/aromatic N) is 1. The molecule has 0 unspecified atom stereocenters. The van der Waals surface area contributed by atoms with Gasteiger partial charge in [-0.3, -0.25) is 4.79 Å². The van der Waals surface area contributed by atoms with E-state index in [0.29, 0.717) is 31.1 Å². The lowest BCUT2D eigenvalue weighted by Crippen LogP contribution is -2.46. The predicted octanol–water partition coefficient (Wildman–Crippen LogP) is 1.20. The molecule has 2 heterocycles. The maximum Gasteiger partial charge on any atom is 0.262 e. The van der Waals surface area contributed by atoms with Crippen molar-refractivity contribution in [2.75, 3.05) is 25.1 Å². The van der Waals surface area contributed by atoms with Crippen LogP contribution in [0.3, 0.4) is 0 Å². The number of fused-ring (bicyclic) bond motifs is 1. The van der Waals surface area contributed by atoms with Gasteiger partial charge in [-0.15, -0.1) is 0 Å². The van der Waals surface area contributed by atoms with E-state index in [2.05, 4.69) is 11.4 Å². The van der Waals surface area contributed by atoms with Gasteiger partial charge in [0.2, 0.25) is 0 Å². The van der Waals surface area contributed by atoms with E-state index in [4.69, 9.17) is 14.7 Å². The summed E-state index contributed by atoms with van der Waals surface area (Å²) in [4.78, 5) is 11.3. The normalized spacial score (nSPS) is 19.8. The lowest BCUT2D eigenvalue weighted by Gasteiger charge is -2.40. The highest BCUT2D eigenvalue weighted by atomic mass is 16.5. The molecule has 2 aliphatic rings. The zero-order chi connectivity index (χ0) is 12.6. The number of ether oxygens (including phenoxy) is 2. The van der Waals surface area contributed by atoms with E-state index >= 15 is 0 Å². The number of carbonyl (C=O) groups excluding carboxylic acids is 1. The van der Waals surface area contributed by atoms with E-state index in [1.54, 1.807) is 0 Å². The Kier molecular flexibility index (Phi) is 2.46. The summed E-state index contributed by atoms with van der Waals surface area (Å²) in [6.45, 7) is 1.15. The van der Waals surface area contributed by atoms with E-state index in [1.165, 1.54) is 0 Å². The molecule has 1 aromatic carbocycles. The van der Waals surface area contributed by atoms with Gasteiger partial charge in [0.1, 0.15) is 5.75 Å². The van der Waals surface area contributed by atoms with Crippen LogP contribution in [0.5, 0.6) is 5.75 Å². The second-order valence-electron chi connectivity index (χ2n) is 4.66. The largest absolute Gasteiger partial charge is 0.482 e. The first-order chi connectivity index (χ1) is 8.73. The third-order valence-electron chi connectivity index (χ3n) is 3.40. The van der Waals surface area contributed by atoms with Crippen LogP contribution in [0.1, 0.15) is 12.0 Å². The minimum absolute atomic E-state index is 0.0544. The lowest BCUT2D eigenvalue weighted by atomic mass is 9.76. The SMILES string of the molecule is N#CCC1(c2ccc3c(c2)NC(=O)CO3)COC1. The van der Waals surface area contributed by atoms with Gasteiger partial charge in [0.15, 0.2) is 6.61 Å². The summed E-state index contributed by atoms with van der Waals surface area (Å²) in [6.07, 6.45) is 0.417. The number of carbonyl (C=O) groups is 1. The van der Waals surface area contributed by atoms with Gasteiger partial charge in [0, 0.05) is 6.42 Å². The minimum atomic E-state index is -0.230. The molecule has 0 saturated carbocycles. The first-order valence-electron chi connectivity index (χ1n) is 5.75. The lowest BCUT2D eigenvalue weighted by molar-refractivity contribution is -0.118. The van der Waals surface area contributed by atoms with Crippen molar-refractivity contribution in [3.05, 3.63) is 23.8 Å². The van der Waals surface area contributed by atoms with Crippen LogP contribution >= 0.6 is 0 Å². The van der Waals surface area contributed by atoms with E-state index in [-0.39, 0.29) is 17.9 Å². The van der Waals surface area contributed by atoms with Gasteiger partial charge in [-0.1, -0.05) is 6.07 Å². The topological polar surface area (TPSA) is 71.4 Å². The van der Waals surface area contributed by atoms with Crippen LogP contribution in [0.4, 0.5) is 5.69 Å². The van der Waals surface area contributed by atoms with Gasteiger partial charge in [-0.25, -0.2) is 0 Å². The highest BCUT2D eigenvalue weighted by molar-refractivity contribution is 5.95. The van der Waals surface area contributed by atoms with Crippen molar-refractivity contribution in [2.24, 2.45) is 0 Å². The second kappa shape index (κ2) is 4.00. The Hall–Kier alpha value is -2.06. The molecule has 0 bridgehead atoms. The fraction of sp³-hybridized carbons (Fsp3) is 0.385. The van der Waals surface area contributed by atoms with Crippen molar-refractivity contribution < 1.29 is 14.3 Å². The zero-order valence-electron chi connectivity index (χ0n) is 9.73. The Morgan fingerprint density at radius 2 is 2.28 bits per heavy atom. The van der Waals surface area contributed by atoms with Gasteiger partial charge >= 0.3 is 0 Å². The molecule has 0 aromatic heterocycles. The third kappa shape index (κ3) is 1.62. The Bertz CT molecular complexity index is 544. The molecule has 0 aliphatic carbocycles. The average Bonchev–Trinajstić information content (AvgIpc) is 2.33. The van der Waals surface area contributed by atoms with Crippen LogP contribution in [0.2, 0.25) is 0 Å². The molecule has 1 aromatic rings. The van der Waals surface area contributed by atoms with Crippen molar-refractivity contribution in [2.45, 2.75) is 11.8 Å². The number of nitriles is 1. The maximum atomic E-state index is 11.3. The Labute approximate surface area is 104 Å². The van der Waals surface area contributed by atoms with Crippen LogP contribution < -0.4 is 10.1 Å². The van der Waals surface area contributed by atoms with Crippen LogP contribution in [0.25, 0.3) is 0 Å². The summed E-state index contributed by atoms with van der Waals surface area (Å²) < 4.78 is 10.5. The van der Waals surface area contributed by atoms with Gasteiger partial charge in [-0.05, 0) is 17.7 Å². The molecule has 1 N–H and O–H groups in total. The molecule has 5 nitrogen and oxygen atoms in total. The van der Waals surface area contributed by atoms with Crippen LogP contribution in [-0.2, 0) is 14.9 Å². The molecule has 0 radical (unpaired) electrons. The zero-order valence-corrected chi connectivity index (χ0v) is 9.73. The summed E-state index contributed by atoms with van der Waals surface area (Å²) >= 11 is 0.